The summed E-state index contributed by atoms with van der Waals surface area (Å²) < 4.78 is 5.57. The van der Waals surface area contributed by atoms with Crippen molar-refractivity contribution in [3.05, 3.63) is 47.8 Å². The fourth-order valence-electron chi connectivity index (χ4n) is 5.10. The van der Waals surface area contributed by atoms with Crippen LogP contribution < -0.4 is 10.1 Å². The zero-order valence-corrected chi connectivity index (χ0v) is 16.2. The second-order valence-corrected chi connectivity index (χ2v) is 8.70. The van der Waals surface area contributed by atoms with Crippen molar-refractivity contribution in [1.29, 1.82) is 0 Å². The summed E-state index contributed by atoms with van der Waals surface area (Å²) in [6, 6.07) is 7.95. The summed E-state index contributed by atoms with van der Waals surface area (Å²) in [6.45, 7) is 0.713. The Morgan fingerprint density at radius 1 is 1.00 bits per heavy atom. The quantitative estimate of drug-likeness (QED) is 0.830. The first-order valence-electron chi connectivity index (χ1n) is 10.3. The number of benzene rings is 1. The number of carboxylic acid groups (broad SMARTS) is 1. The number of carbonyl (C=O) groups is 2. The van der Waals surface area contributed by atoms with Crippen molar-refractivity contribution in [2.45, 2.75) is 50.5 Å². The second kappa shape index (κ2) is 6.58. The molecule has 0 saturated heterocycles. The van der Waals surface area contributed by atoms with Gasteiger partial charge in [0.1, 0.15) is 5.75 Å². The monoisotopic (exact) mass is 392 g/mol. The molecule has 2 bridgehead atoms. The first kappa shape index (κ1) is 18.2. The van der Waals surface area contributed by atoms with Crippen molar-refractivity contribution in [3.8, 4) is 16.9 Å². The van der Waals surface area contributed by atoms with Crippen molar-refractivity contribution in [2.75, 3.05) is 6.61 Å². The Bertz CT molecular complexity index is 976. The molecule has 150 valence electrons. The van der Waals surface area contributed by atoms with E-state index in [1.807, 2.05) is 18.2 Å². The van der Waals surface area contributed by atoms with Crippen molar-refractivity contribution in [3.63, 3.8) is 0 Å². The van der Waals surface area contributed by atoms with Crippen molar-refractivity contribution < 1.29 is 19.4 Å². The lowest BCUT2D eigenvalue weighted by Gasteiger charge is -2.51. The topological polar surface area (TPSA) is 88.5 Å². The van der Waals surface area contributed by atoms with E-state index in [1.54, 1.807) is 12.4 Å². The van der Waals surface area contributed by atoms with Gasteiger partial charge in [0, 0.05) is 29.9 Å². The molecule has 1 aromatic carbocycles. The number of carbonyl (C=O) groups excluding carboxylic acids is 1. The molecular weight excluding hydrogens is 368 g/mol. The summed E-state index contributed by atoms with van der Waals surface area (Å²) in [7, 11) is 0. The van der Waals surface area contributed by atoms with E-state index in [0.717, 1.165) is 42.6 Å². The highest BCUT2D eigenvalue weighted by Crippen LogP contribution is 2.52. The highest BCUT2D eigenvalue weighted by Gasteiger charge is 2.53. The molecule has 3 aliphatic carbocycles. The van der Waals surface area contributed by atoms with Crippen LogP contribution in [0.15, 0.2) is 36.7 Å². The fraction of sp³-hybridized carbons (Fsp3) is 0.435. The minimum atomic E-state index is -0.686. The molecule has 0 radical (unpaired) electrons. The number of ether oxygens (including phenoxy) is 1. The van der Waals surface area contributed by atoms with Gasteiger partial charge >= 0.3 is 5.97 Å². The number of fused-ring (bicyclic) bond motifs is 4. The Morgan fingerprint density at radius 3 is 2.48 bits per heavy atom. The molecule has 1 aliphatic heterocycles. The number of nitrogens with one attached hydrogen (secondary N) is 1. The van der Waals surface area contributed by atoms with E-state index in [0.29, 0.717) is 31.4 Å². The maximum absolute atomic E-state index is 13.0. The van der Waals surface area contributed by atoms with Crippen LogP contribution in [0.5, 0.6) is 5.75 Å². The zero-order valence-electron chi connectivity index (χ0n) is 16.2. The average Bonchev–Trinajstić information content (AvgIpc) is 3.23. The number of nitrogens with zero attached hydrogens (tertiary/aromatic N) is 1. The van der Waals surface area contributed by atoms with Crippen LogP contribution in [0.1, 0.15) is 54.4 Å². The van der Waals surface area contributed by atoms with Crippen LogP contribution in [0.2, 0.25) is 0 Å². The molecule has 6 rings (SSSR count). The molecule has 3 saturated carbocycles. The SMILES string of the molecule is O=C(NC12CCC(C(=O)O)(CC1)CC2)c1cncc(-c2ccc3c(c2)CCO3)c1. The first-order chi connectivity index (χ1) is 14.0. The van der Waals surface area contributed by atoms with Gasteiger partial charge in [0.2, 0.25) is 0 Å². The van der Waals surface area contributed by atoms with Gasteiger partial charge in [-0.05, 0) is 67.9 Å². The third-order valence-electron chi connectivity index (χ3n) is 7.10. The van der Waals surface area contributed by atoms with E-state index in [9.17, 15) is 14.7 Å². The van der Waals surface area contributed by atoms with Gasteiger partial charge in [0.15, 0.2) is 0 Å². The van der Waals surface area contributed by atoms with Crippen molar-refractivity contribution in [1.82, 2.24) is 10.3 Å². The highest BCUT2D eigenvalue weighted by atomic mass is 16.5. The van der Waals surface area contributed by atoms with Gasteiger partial charge in [-0.15, -0.1) is 0 Å². The lowest BCUT2D eigenvalue weighted by Crippen LogP contribution is -2.58. The Labute approximate surface area is 169 Å². The Balaban J connectivity index is 1.34. The summed E-state index contributed by atoms with van der Waals surface area (Å²) in [4.78, 5) is 28.9. The van der Waals surface area contributed by atoms with Crippen LogP contribution in [0.4, 0.5) is 0 Å². The second-order valence-electron chi connectivity index (χ2n) is 8.70. The van der Waals surface area contributed by atoms with Gasteiger partial charge in [-0.1, -0.05) is 6.07 Å². The third kappa shape index (κ3) is 3.07. The number of amides is 1. The highest BCUT2D eigenvalue weighted by molar-refractivity contribution is 5.95. The molecule has 4 aliphatic rings. The molecule has 3 fully saturated rings. The molecule has 0 unspecified atom stereocenters. The maximum atomic E-state index is 13.0. The van der Waals surface area contributed by atoms with Crippen LogP contribution in [0.3, 0.4) is 0 Å². The van der Waals surface area contributed by atoms with Gasteiger partial charge in [-0.2, -0.15) is 0 Å². The number of aliphatic carboxylic acids is 1. The normalized spacial score (nSPS) is 27.2. The molecule has 2 heterocycles. The molecule has 0 spiro atoms. The smallest absolute Gasteiger partial charge is 0.309 e. The van der Waals surface area contributed by atoms with Gasteiger partial charge in [0.25, 0.3) is 5.91 Å². The first-order valence-corrected chi connectivity index (χ1v) is 10.3. The van der Waals surface area contributed by atoms with E-state index in [2.05, 4.69) is 16.4 Å². The molecule has 1 amide bonds. The lowest BCUT2D eigenvalue weighted by molar-refractivity contribution is -0.156. The summed E-state index contributed by atoms with van der Waals surface area (Å²) in [5, 5.41) is 12.8. The van der Waals surface area contributed by atoms with Crippen LogP contribution in [0.25, 0.3) is 11.1 Å². The Kier molecular flexibility index (Phi) is 4.12. The van der Waals surface area contributed by atoms with Crippen LogP contribution in [0, 0.1) is 5.41 Å². The van der Waals surface area contributed by atoms with Crippen LogP contribution in [-0.4, -0.2) is 34.1 Å². The van der Waals surface area contributed by atoms with Crippen molar-refractivity contribution >= 4 is 11.9 Å². The molecule has 2 N–H and O–H groups in total. The summed E-state index contributed by atoms with van der Waals surface area (Å²) in [5.74, 6) is 0.115. The Morgan fingerprint density at radius 2 is 1.76 bits per heavy atom. The number of aromatic nitrogens is 1. The molecule has 6 heteroatoms. The fourth-order valence-corrected chi connectivity index (χ4v) is 5.10. The van der Waals surface area contributed by atoms with E-state index in [4.69, 9.17) is 4.74 Å². The predicted octanol–water partition coefficient (Wildman–Crippen LogP) is 3.59. The minimum absolute atomic E-state index is 0.131. The van der Waals surface area contributed by atoms with Crippen LogP contribution in [-0.2, 0) is 11.2 Å². The molecular formula is C23H24N2O4. The van der Waals surface area contributed by atoms with E-state index in [1.165, 1.54) is 5.56 Å². The number of carboxylic acids is 1. The molecule has 29 heavy (non-hydrogen) atoms. The van der Waals surface area contributed by atoms with E-state index >= 15 is 0 Å². The third-order valence-corrected chi connectivity index (χ3v) is 7.10. The van der Waals surface area contributed by atoms with E-state index < -0.39 is 11.4 Å². The number of hydrogen-bond donors (Lipinski definition) is 2. The maximum Gasteiger partial charge on any atom is 0.309 e. The summed E-state index contributed by atoms with van der Waals surface area (Å²) in [6.07, 6.45) is 8.36. The molecule has 1 aromatic heterocycles. The predicted molar refractivity (Wildman–Crippen MR) is 107 cm³/mol. The lowest BCUT2D eigenvalue weighted by atomic mass is 9.57. The van der Waals surface area contributed by atoms with Crippen molar-refractivity contribution in [2.24, 2.45) is 5.41 Å². The molecule has 2 aromatic rings. The Hall–Kier alpha value is -2.89. The van der Waals surface area contributed by atoms with Gasteiger partial charge in [-0.25, -0.2) is 0 Å². The summed E-state index contributed by atoms with van der Waals surface area (Å²) in [5.41, 5.74) is 2.79. The largest absolute Gasteiger partial charge is 0.493 e. The summed E-state index contributed by atoms with van der Waals surface area (Å²) >= 11 is 0. The zero-order chi connectivity index (χ0) is 20.1. The van der Waals surface area contributed by atoms with Gasteiger partial charge in [-0.3, -0.25) is 14.6 Å². The number of rotatable bonds is 4. The van der Waals surface area contributed by atoms with Crippen LogP contribution >= 0.6 is 0 Å². The molecule has 6 nitrogen and oxygen atoms in total. The average molecular weight is 392 g/mol. The van der Waals surface area contributed by atoms with E-state index in [-0.39, 0.29) is 11.4 Å². The number of hydrogen-bond acceptors (Lipinski definition) is 4. The van der Waals surface area contributed by atoms with Gasteiger partial charge < -0.3 is 15.2 Å². The standard InChI is InChI=1S/C23H24N2O4/c26-20(25-23-7-4-22(5-8-23,6-9-23)21(27)28)18-12-17(13-24-14-18)15-1-2-19-16(11-15)3-10-29-19/h1-2,11-14H,3-10H2,(H,25,26)(H,27,28). The molecule has 0 atom stereocenters. The number of pyridine rings is 1. The van der Waals surface area contributed by atoms with Gasteiger partial charge in [0.05, 0.1) is 17.6 Å². The minimum Gasteiger partial charge on any atom is -0.493 e.